The largest absolute Gasteiger partial charge is 0.497 e. The van der Waals surface area contributed by atoms with Gasteiger partial charge in [0, 0.05) is 25.1 Å². The number of carbonyl (C=O) groups is 1. The van der Waals surface area contributed by atoms with Gasteiger partial charge < -0.3 is 15.4 Å². The van der Waals surface area contributed by atoms with E-state index in [2.05, 4.69) is 10.6 Å². The Bertz CT molecular complexity index is 437. The minimum Gasteiger partial charge on any atom is -0.497 e. The fraction of sp³-hybridized carbons (Fsp3) is 0.462. The van der Waals surface area contributed by atoms with Gasteiger partial charge in [0.1, 0.15) is 11.6 Å². The second-order valence-corrected chi connectivity index (χ2v) is 4.38. The third kappa shape index (κ3) is 3.12. The predicted molar refractivity (Wildman–Crippen MR) is 67.2 cm³/mol. The number of anilines is 1. The molecule has 0 aliphatic carbocycles. The van der Waals surface area contributed by atoms with Crippen molar-refractivity contribution in [2.75, 3.05) is 19.0 Å². The van der Waals surface area contributed by atoms with E-state index in [9.17, 15) is 9.18 Å². The number of benzene rings is 1. The van der Waals surface area contributed by atoms with Crippen molar-refractivity contribution in [3.8, 4) is 5.75 Å². The van der Waals surface area contributed by atoms with Crippen LogP contribution in [0.2, 0.25) is 0 Å². The Balaban J connectivity index is 2.09. The number of halogens is 1. The van der Waals surface area contributed by atoms with E-state index in [-0.39, 0.29) is 17.8 Å². The van der Waals surface area contributed by atoms with Crippen molar-refractivity contribution in [1.29, 1.82) is 0 Å². The highest BCUT2D eigenvalue weighted by Crippen LogP contribution is 2.23. The molecule has 0 bridgehead atoms. The maximum Gasteiger partial charge on any atom is 0.222 e. The van der Waals surface area contributed by atoms with Gasteiger partial charge in [0.05, 0.1) is 12.8 Å². The van der Waals surface area contributed by atoms with Crippen LogP contribution in [0.15, 0.2) is 18.2 Å². The lowest BCUT2D eigenvalue weighted by Crippen LogP contribution is -2.27. The second-order valence-electron chi connectivity index (χ2n) is 4.38. The average Bonchev–Trinajstić information content (AvgIpc) is 2.56. The molecule has 98 valence electrons. The van der Waals surface area contributed by atoms with Crippen LogP contribution in [0.1, 0.15) is 19.3 Å². The molecular weight excluding hydrogens is 235 g/mol. The van der Waals surface area contributed by atoms with Crippen LogP contribution in [-0.2, 0) is 4.79 Å². The molecule has 1 aliphatic rings. The monoisotopic (exact) mass is 252 g/mol. The Morgan fingerprint density at radius 3 is 3.11 bits per heavy atom. The third-order valence-corrected chi connectivity index (χ3v) is 3.02. The fourth-order valence-corrected chi connectivity index (χ4v) is 2.06. The van der Waals surface area contributed by atoms with Crippen LogP contribution in [0.4, 0.5) is 10.1 Å². The summed E-state index contributed by atoms with van der Waals surface area (Å²) in [6.45, 7) is 0.692. The Hall–Kier alpha value is -1.78. The smallest absolute Gasteiger partial charge is 0.222 e. The van der Waals surface area contributed by atoms with Crippen molar-refractivity contribution in [3.05, 3.63) is 24.0 Å². The molecule has 0 saturated carbocycles. The molecule has 1 atom stereocenters. The van der Waals surface area contributed by atoms with Crippen LogP contribution in [0, 0.1) is 5.82 Å². The maximum absolute atomic E-state index is 13.6. The standard InChI is InChI=1S/C13H17FN2O2/c1-18-10-4-5-11(14)12(8-10)16-9-3-2-6-15-13(17)7-9/h4-5,8-9,16H,2-3,6-7H2,1H3,(H,15,17). The van der Waals surface area contributed by atoms with Gasteiger partial charge in [-0.25, -0.2) is 4.39 Å². The predicted octanol–water partition coefficient (Wildman–Crippen LogP) is 1.91. The van der Waals surface area contributed by atoms with E-state index in [1.807, 2.05) is 0 Å². The van der Waals surface area contributed by atoms with E-state index in [1.54, 1.807) is 12.1 Å². The summed E-state index contributed by atoms with van der Waals surface area (Å²) in [5.74, 6) is 0.269. The molecular formula is C13H17FN2O2. The first-order valence-corrected chi connectivity index (χ1v) is 6.06. The third-order valence-electron chi connectivity index (χ3n) is 3.02. The molecule has 2 rings (SSSR count). The number of carbonyl (C=O) groups excluding carboxylic acids is 1. The van der Waals surface area contributed by atoms with Crippen molar-refractivity contribution in [2.45, 2.75) is 25.3 Å². The SMILES string of the molecule is COc1ccc(F)c(NC2CCCNC(=O)C2)c1. The highest BCUT2D eigenvalue weighted by Gasteiger charge is 2.18. The second kappa shape index (κ2) is 5.71. The Kier molecular flexibility index (Phi) is 4.02. The van der Waals surface area contributed by atoms with Gasteiger partial charge in [0.25, 0.3) is 0 Å². The molecule has 1 saturated heterocycles. The molecule has 1 unspecified atom stereocenters. The Labute approximate surface area is 106 Å². The summed E-state index contributed by atoms with van der Waals surface area (Å²) in [5.41, 5.74) is 0.383. The van der Waals surface area contributed by atoms with Crippen LogP contribution in [-0.4, -0.2) is 25.6 Å². The van der Waals surface area contributed by atoms with Gasteiger partial charge in [-0.3, -0.25) is 4.79 Å². The highest BCUT2D eigenvalue weighted by molar-refractivity contribution is 5.77. The van der Waals surface area contributed by atoms with Crippen LogP contribution in [0.5, 0.6) is 5.75 Å². The summed E-state index contributed by atoms with van der Waals surface area (Å²) in [6.07, 6.45) is 2.11. The van der Waals surface area contributed by atoms with E-state index < -0.39 is 0 Å². The molecule has 1 aromatic rings. The normalized spacial score (nSPS) is 19.9. The summed E-state index contributed by atoms with van der Waals surface area (Å²) in [5, 5.41) is 5.88. The summed E-state index contributed by atoms with van der Waals surface area (Å²) in [7, 11) is 1.54. The van der Waals surface area contributed by atoms with Crippen molar-refractivity contribution in [2.24, 2.45) is 0 Å². The van der Waals surface area contributed by atoms with E-state index >= 15 is 0 Å². The molecule has 1 heterocycles. The van der Waals surface area contributed by atoms with Crippen molar-refractivity contribution >= 4 is 11.6 Å². The van der Waals surface area contributed by atoms with Gasteiger partial charge >= 0.3 is 0 Å². The number of nitrogens with one attached hydrogen (secondary N) is 2. The molecule has 1 amide bonds. The van der Waals surface area contributed by atoms with Crippen molar-refractivity contribution in [1.82, 2.24) is 5.32 Å². The number of methoxy groups -OCH3 is 1. The molecule has 0 radical (unpaired) electrons. The highest BCUT2D eigenvalue weighted by atomic mass is 19.1. The number of hydrogen-bond donors (Lipinski definition) is 2. The van der Waals surface area contributed by atoms with Gasteiger partial charge in [-0.2, -0.15) is 0 Å². The number of ether oxygens (including phenoxy) is 1. The molecule has 1 aromatic carbocycles. The van der Waals surface area contributed by atoms with Gasteiger partial charge in [0.2, 0.25) is 5.91 Å². The van der Waals surface area contributed by atoms with Crippen molar-refractivity contribution < 1.29 is 13.9 Å². The molecule has 0 aromatic heterocycles. The van der Waals surface area contributed by atoms with Gasteiger partial charge in [-0.15, -0.1) is 0 Å². The van der Waals surface area contributed by atoms with Crippen LogP contribution < -0.4 is 15.4 Å². The summed E-state index contributed by atoms with van der Waals surface area (Å²) < 4.78 is 18.7. The number of rotatable bonds is 3. The molecule has 0 spiro atoms. The van der Waals surface area contributed by atoms with Crippen LogP contribution >= 0.6 is 0 Å². The summed E-state index contributed by atoms with van der Waals surface area (Å²) >= 11 is 0. The molecule has 1 aliphatic heterocycles. The first-order chi connectivity index (χ1) is 8.69. The molecule has 2 N–H and O–H groups in total. The van der Waals surface area contributed by atoms with E-state index in [0.29, 0.717) is 24.4 Å². The zero-order valence-electron chi connectivity index (χ0n) is 10.3. The lowest BCUT2D eigenvalue weighted by Gasteiger charge is -2.17. The zero-order chi connectivity index (χ0) is 13.0. The van der Waals surface area contributed by atoms with Crippen LogP contribution in [0.3, 0.4) is 0 Å². The fourth-order valence-electron chi connectivity index (χ4n) is 2.06. The van der Waals surface area contributed by atoms with Gasteiger partial charge in [0.15, 0.2) is 0 Å². The Morgan fingerprint density at radius 1 is 1.50 bits per heavy atom. The molecule has 1 fully saturated rings. The maximum atomic E-state index is 13.6. The first-order valence-electron chi connectivity index (χ1n) is 6.06. The minimum atomic E-state index is -0.333. The Morgan fingerprint density at radius 2 is 2.33 bits per heavy atom. The number of amides is 1. The van der Waals surface area contributed by atoms with Gasteiger partial charge in [-0.1, -0.05) is 0 Å². The van der Waals surface area contributed by atoms with E-state index in [0.717, 1.165) is 12.8 Å². The van der Waals surface area contributed by atoms with E-state index in [1.165, 1.54) is 13.2 Å². The summed E-state index contributed by atoms with van der Waals surface area (Å²) in [6, 6.07) is 4.50. The van der Waals surface area contributed by atoms with E-state index in [4.69, 9.17) is 4.74 Å². The lowest BCUT2D eigenvalue weighted by atomic mass is 10.1. The molecule has 18 heavy (non-hydrogen) atoms. The van der Waals surface area contributed by atoms with Crippen LogP contribution in [0.25, 0.3) is 0 Å². The average molecular weight is 252 g/mol. The molecule has 5 heteroatoms. The molecule has 4 nitrogen and oxygen atoms in total. The quantitative estimate of drug-likeness (QED) is 0.864. The number of hydrogen-bond acceptors (Lipinski definition) is 3. The topological polar surface area (TPSA) is 50.4 Å². The van der Waals surface area contributed by atoms with Gasteiger partial charge in [-0.05, 0) is 25.0 Å². The summed E-state index contributed by atoms with van der Waals surface area (Å²) in [4.78, 5) is 11.4. The lowest BCUT2D eigenvalue weighted by molar-refractivity contribution is -0.120. The minimum absolute atomic E-state index is 0.00769. The van der Waals surface area contributed by atoms with Crippen molar-refractivity contribution in [3.63, 3.8) is 0 Å². The zero-order valence-corrected chi connectivity index (χ0v) is 10.3. The first kappa shape index (κ1) is 12.7.